The number of aromatic amines is 1. The lowest BCUT2D eigenvalue weighted by Crippen LogP contribution is -2.31. The lowest BCUT2D eigenvalue weighted by Gasteiger charge is -2.19. The molecule has 1 aliphatic carbocycles. The molecule has 0 spiro atoms. The second kappa shape index (κ2) is 7.50. The van der Waals surface area contributed by atoms with Gasteiger partial charge in [0.25, 0.3) is 5.91 Å². The molecule has 0 aromatic carbocycles. The van der Waals surface area contributed by atoms with Gasteiger partial charge in [0.15, 0.2) is 17.2 Å². The van der Waals surface area contributed by atoms with Crippen molar-refractivity contribution in [2.24, 2.45) is 5.92 Å². The number of nitrogens with zero attached hydrogens (tertiary/aromatic N) is 4. The number of aromatic nitrogens is 5. The molecule has 0 radical (unpaired) electrons. The van der Waals surface area contributed by atoms with Gasteiger partial charge >= 0.3 is 0 Å². The molecule has 3 aromatic heterocycles. The third kappa shape index (κ3) is 3.59. The van der Waals surface area contributed by atoms with Gasteiger partial charge < -0.3 is 5.32 Å². The number of nitrogens with one attached hydrogen (secondary N) is 2. The fraction of sp³-hybridized carbons (Fsp3) is 0.500. The number of fused-ring (bicyclic) bond motifs is 2. The van der Waals surface area contributed by atoms with E-state index in [4.69, 9.17) is 0 Å². The molecule has 3 aromatic rings. The molecule has 0 unspecified atom stereocenters. The molecule has 142 valence electrons. The van der Waals surface area contributed by atoms with Crippen LogP contribution in [-0.4, -0.2) is 30.7 Å². The van der Waals surface area contributed by atoms with Crippen molar-refractivity contribution >= 4 is 11.6 Å². The predicted molar refractivity (Wildman–Crippen MR) is 102 cm³/mol. The molecule has 2 N–H and O–H groups in total. The van der Waals surface area contributed by atoms with E-state index in [1.165, 1.54) is 6.42 Å². The Bertz CT molecular complexity index is 941. The zero-order chi connectivity index (χ0) is 18.8. The summed E-state index contributed by atoms with van der Waals surface area (Å²) in [6.07, 6.45) is 8.07. The van der Waals surface area contributed by atoms with E-state index in [1.54, 1.807) is 0 Å². The molecular weight excluding hydrogens is 340 g/mol. The maximum atomic E-state index is 13.1. The number of hydrogen-bond acceptors (Lipinski definition) is 4. The summed E-state index contributed by atoms with van der Waals surface area (Å²) in [5.74, 6) is 1.03. The van der Waals surface area contributed by atoms with Crippen molar-refractivity contribution in [3.8, 4) is 0 Å². The molecule has 0 aliphatic heterocycles. The average molecular weight is 366 g/mol. The molecule has 0 bridgehead atoms. The molecule has 4 rings (SSSR count). The van der Waals surface area contributed by atoms with Gasteiger partial charge in [-0.3, -0.25) is 14.3 Å². The van der Waals surface area contributed by atoms with E-state index in [9.17, 15) is 4.79 Å². The third-order valence-electron chi connectivity index (χ3n) is 5.19. The summed E-state index contributed by atoms with van der Waals surface area (Å²) in [5, 5.41) is 19.2. The minimum atomic E-state index is -0.215. The SMILES string of the molecule is CC(C)C[C@H](NC(=O)c1n[nH]c2c1CCCCC2)c1nnc2ccccn12. The number of aryl methyl sites for hydroxylation is 1. The minimum Gasteiger partial charge on any atom is -0.341 e. The maximum Gasteiger partial charge on any atom is 0.272 e. The van der Waals surface area contributed by atoms with Crippen molar-refractivity contribution < 1.29 is 4.79 Å². The van der Waals surface area contributed by atoms with Gasteiger partial charge in [-0.05, 0) is 50.2 Å². The smallest absolute Gasteiger partial charge is 0.272 e. The number of amides is 1. The van der Waals surface area contributed by atoms with E-state index in [0.29, 0.717) is 11.6 Å². The van der Waals surface area contributed by atoms with Gasteiger partial charge in [0, 0.05) is 17.5 Å². The van der Waals surface area contributed by atoms with Crippen molar-refractivity contribution in [1.82, 2.24) is 30.1 Å². The zero-order valence-electron chi connectivity index (χ0n) is 15.9. The largest absolute Gasteiger partial charge is 0.341 e. The van der Waals surface area contributed by atoms with Gasteiger partial charge in [0.05, 0.1) is 6.04 Å². The highest BCUT2D eigenvalue weighted by atomic mass is 16.2. The van der Waals surface area contributed by atoms with E-state index in [1.807, 2.05) is 28.8 Å². The van der Waals surface area contributed by atoms with Crippen molar-refractivity contribution in [1.29, 1.82) is 0 Å². The molecule has 0 saturated heterocycles. The van der Waals surface area contributed by atoms with Crippen LogP contribution in [0.1, 0.15) is 73.1 Å². The van der Waals surface area contributed by atoms with Crippen LogP contribution in [0.25, 0.3) is 5.65 Å². The van der Waals surface area contributed by atoms with E-state index >= 15 is 0 Å². The van der Waals surface area contributed by atoms with Crippen LogP contribution < -0.4 is 5.32 Å². The monoisotopic (exact) mass is 366 g/mol. The van der Waals surface area contributed by atoms with Crippen LogP contribution in [0, 0.1) is 5.92 Å². The lowest BCUT2D eigenvalue weighted by molar-refractivity contribution is 0.0923. The summed E-state index contributed by atoms with van der Waals surface area (Å²) >= 11 is 0. The quantitative estimate of drug-likeness (QED) is 0.679. The third-order valence-corrected chi connectivity index (χ3v) is 5.19. The summed E-state index contributed by atoms with van der Waals surface area (Å²) in [4.78, 5) is 13.1. The molecule has 1 atom stereocenters. The van der Waals surface area contributed by atoms with Crippen LogP contribution in [0.4, 0.5) is 0 Å². The number of H-pyrrole nitrogens is 1. The van der Waals surface area contributed by atoms with Crippen LogP contribution >= 0.6 is 0 Å². The molecule has 0 fully saturated rings. The zero-order valence-corrected chi connectivity index (χ0v) is 15.9. The lowest BCUT2D eigenvalue weighted by atomic mass is 10.0. The Morgan fingerprint density at radius 2 is 2.07 bits per heavy atom. The fourth-order valence-electron chi connectivity index (χ4n) is 3.87. The normalized spacial score (nSPS) is 15.5. The molecule has 1 aliphatic rings. The Hall–Kier alpha value is -2.70. The van der Waals surface area contributed by atoms with E-state index in [2.05, 4.69) is 39.6 Å². The number of pyridine rings is 1. The highest BCUT2D eigenvalue weighted by Crippen LogP contribution is 2.24. The van der Waals surface area contributed by atoms with Crippen molar-refractivity contribution in [2.75, 3.05) is 0 Å². The van der Waals surface area contributed by atoms with Crippen LogP contribution in [-0.2, 0) is 12.8 Å². The van der Waals surface area contributed by atoms with Crippen molar-refractivity contribution in [2.45, 2.75) is 58.4 Å². The highest BCUT2D eigenvalue weighted by Gasteiger charge is 2.26. The summed E-state index contributed by atoms with van der Waals surface area (Å²) in [5.41, 5.74) is 3.52. The fourth-order valence-corrected chi connectivity index (χ4v) is 3.87. The Morgan fingerprint density at radius 3 is 2.93 bits per heavy atom. The first-order valence-electron chi connectivity index (χ1n) is 9.80. The average Bonchev–Trinajstić information content (AvgIpc) is 3.18. The van der Waals surface area contributed by atoms with E-state index in [0.717, 1.165) is 54.8 Å². The Morgan fingerprint density at radius 1 is 1.22 bits per heavy atom. The molecule has 7 nitrogen and oxygen atoms in total. The van der Waals surface area contributed by atoms with Gasteiger partial charge in [-0.2, -0.15) is 5.10 Å². The van der Waals surface area contributed by atoms with Crippen LogP contribution in [0.5, 0.6) is 0 Å². The molecular formula is C20H26N6O. The van der Waals surface area contributed by atoms with Crippen LogP contribution in [0.3, 0.4) is 0 Å². The number of carbonyl (C=O) groups excluding carboxylic acids is 1. The van der Waals surface area contributed by atoms with E-state index in [-0.39, 0.29) is 11.9 Å². The van der Waals surface area contributed by atoms with Gasteiger partial charge in [0.1, 0.15) is 0 Å². The Labute approximate surface area is 158 Å². The second-order valence-electron chi connectivity index (χ2n) is 7.73. The molecule has 7 heteroatoms. The summed E-state index contributed by atoms with van der Waals surface area (Å²) in [6, 6.07) is 5.58. The van der Waals surface area contributed by atoms with Gasteiger partial charge in [-0.1, -0.05) is 26.3 Å². The summed E-state index contributed by atoms with van der Waals surface area (Å²) in [7, 11) is 0. The first-order chi connectivity index (χ1) is 13.1. The number of rotatable bonds is 5. The van der Waals surface area contributed by atoms with Gasteiger partial charge in [-0.15, -0.1) is 10.2 Å². The molecule has 3 heterocycles. The Kier molecular flexibility index (Phi) is 4.92. The Balaban J connectivity index is 1.63. The predicted octanol–water partition coefficient (Wildman–Crippen LogP) is 3.24. The minimum absolute atomic E-state index is 0.132. The van der Waals surface area contributed by atoms with E-state index < -0.39 is 0 Å². The molecule has 0 saturated carbocycles. The standard InChI is InChI=1S/C20H26N6O/c1-13(2)12-16(19-25-23-17-10-6-7-11-26(17)19)21-20(27)18-14-8-4-3-5-9-15(14)22-24-18/h6-7,10-11,13,16H,3-5,8-9,12H2,1-2H3,(H,21,27)(H,22,24)/t16-/m0/s1. The van der Waals surface area contributed by atoms with Gasteiger partial charge in [0.2, 0.25) is 0 Å². The molecule has 1 amide bonds. The van der Waals surface area contributed by atoms with Crippen LogP contribution in [0.15, 0.2) is 24.4 Å². The van der Waals surface area contributed by atoms with Crippen molar-refractivity contribution in [3.05, 3.63) is 47.2 Å². The second-order valence-corrected chi connectivity index (χ2v) is 7.73. The highest BCUT2D eigenvalue weighted by molar-refractivity contribution is 5.94. The topological polar surface area (TPSA) is 88.0 Å². The van der Waals surface area contributed by atoms with Gasteiger partial charge in [-0.25, -0.2) is 0 Å². The first kappa shape index (κ1) is 17.7. The maximum absolute atomic E-state index is 13.1. The number of carbonyl (C=O) groups is 1. The number of hydrogen-bond donors (Lipinski definition) is 2. The van der Waals surface area contributed by atoms with Crippen LogP contribution in [0.2, 0.25) is 0 Å². The first-order valence-corrected chi connectivity index (χ1v) is 9.80. The summed E-state index contributed by atoms with van der Waals surface area (Å²) < 4.78 is 1.94. The molecule has 27 heavy (non-hydrogen) atoms. The summed E-state index contributed by atoms with van der Waals surface area (Å²) in [6.45, 7) is 4.28. The van der Waals surface area contributed by atoms with Crippen molar-refractivity contribution in [3.63, 3.8) is 0 Å².